The molecule has 2 aromatic rings. The minimum atomic E-state index is -1.75. The average Bonchev–Trinajstić information content (AvgIpc) is 2.74. The fraction of sp³-hybridized carbons (Fsp3) is 0.250. The fourth-order valence-electron chi connectivity index (χ4n) is 1.59. The van der Waals surface area contributed by atoms with E-state index in [9.17, 15) is 9.90 Å². The SMILES string of the molecule is CC(Cl)(C(=O)O)C(O)c1ccc2occc2c1. The maximum Gasteiger partial charge on any atom is 0.327 e. The summed E-state index contributed by atoms with van der Waals surface area (Å²) in [6, 6.07) is 6.66. The van der Waals surface area contributed by atoms with Crippen LogP contribution in [-0.2, 0) is 4.79 Å². The van der Waals surface area contributed by atoms with Crippen LogP contribution in [0.5, 0.6) is 0 Å². The Bertz CT molecular complexity index is 558. The van der Waals surface area contributed by atoms with Crippen molar-refractivity contribution in [2.75, 3.05) is 0 Å². The molecule has 0 saturated carbocycles. The van der Waals surface area contributed by atoms with Crippen molar-refractivity contribution in [3.8, 4) is 0 Å². The molecule has 0 bridgehead atoms. The Hall–Kier alpha value is -1.52. The van der Waals surface area contributed by atoms with Crippen LogP contribution in [0.4, 0.5) is 0 Å². The molecular weight excluding hydrogens is 244 g/mol. The van der Waals surface area contributed by atoms with Gasteiger partial charge in [-0.3, -0.25) is 4.79 Å². The van der Waals surface area contributed by atoms with E-state index < -0.39 is 16.9 Å². The number of halogens is 1. The van der Waals surface area contributed by atoms with Crippen molar-refractivity contribution in [1.82, 2.24) is 0 Å². The second-order valence-corrected chi connectivity index (χ2v) is 4.79. The lowest BCUT2D eigenvalue weighted by Crippen LogP contribution is -2.35. The van der Waals surface area contributed by atoms with Crippen molar-refractivity contribution in [3.05, 3.63) is 36.1 Å². The molecule has 2 N–H and O–H groups in total. The van der Waals surface area contributed by atoms with E-state index in [0.29, 0.717) is 11.1 Å². The molecule has 0 saturated heterocycles. The number of aliphatic hydroxyl groups excluding tert-OH is 1. The largest absolute Gasteiger partial charge is 0.480 e. The van der Waals surface area contributed by atoms with Crippen LogP contribution in [0, 0.1) is 0 Å². The minimum absolute atomic E-state index is 0.443. The zero-order chi connectivity index (χ0) is 12.6. The van der Waals surface area contributed by atoms with Gasteiger partial charge in [0.25, 0.3) is 0 Å². The lowest BCUT2D eigenvalue weighted by molar-refractivity contribution is -0.143. The van der Waals surface area contributed by atoms with Crippen molar-refractivity contribution in [2.45, 2.75) is 17.9 Å². The Balaban J connectivity index is 2.42. The van der Waals surface area contributed by atoms with Crippen LogP contribution in [0.15, 0.2) is 34.9 Å². The summed E-state index contributed by atoms with van der Waals surface area (Å²) < 4.78 is 5.15. The van der Waals surface area contributed by atoms with Gasteiger partial charge in [0.1, 0.15) is 11.7 Å². The number of aliphatic hydroxyl groups is 1. The molecule has 17 heavy (non-hydrogen) atoms. The van der Waals surface area contributed by atoms with Gasteiger partial charge in [0.05, 0.1) is 6.26 Å². The molecule has 0 aliphatic rings. The summed E-state index contributed by atoms with van der Waals surface area (Å²) in [6.07, 6.45) is 0.235. The Morgan fingerprint density at radius 2 is 2.18 bits per heavy atom. The highest BCUT2D eigenvalue weighted by atomic mass is 35.5. The molecule has 0 spiro atoms. The number of fused-ring (bicyclic) bond motifs is 1. The van der Waals surface area contributed by atoms with Gasteiger partial charge in [-0.25, -0.2) is 0 Å². The first-order chi connectivity index (χ1) is 7.93. The molecule has 90 valence electrons. The molecular formula is C12H11ClO4. The number of carboxylic acid groups (broad SMARTS) is 1. The van der Waals surface area contributed by atoms with Gasteiger partial charge < -0.3 is 14.6 Å². The summed E-state index contributed by atoms with van der Waals surface area (Å²) in [5.74, 6) is -1.26. The Morgan fingerprint density at radius 3 is 2.82 bits per heavy atom. The second-order valence-electron chi connectivity index (χ2n) is 4.00. The zero-order valence-electron chi connectivity index (χ0n) is 9.05. The summed E-state index contributed by atoms with van der Waals surface area (Å²) in [6.45, 7) is 1.27. The number of aliphatic carboxylic acids is 1. The first-order valence-corrected chi connectivity index (χ1v) is 5.38. The van der Waals surface area contributed by atoms with E-state index in [4.69, 9.17) is 21.1 Å². The van der Waals surface area contributed by atoms with Crippen molar-refractivity contribution >= 4 is 28.5 Å². The second kappa shape index (κ2) is 4.05. The Labute approximate surface area is 102 Å². The van der Waals surface area contributed by atoms with Gasteiger partial charge in [-0.2, -0.15) is 0 Å². The van der Waals surface area contributed by atoms with Crippen LogP contribution < -0.4 is 0 Å². The number of alkyl halides is 1. The number of furan rings is 1. The third-order valence-corrected chi connectivity index (χ3v) is 3.09. The van der Waals surface area contributed by atoms with E-state index >= 15 is 0 Å². The van der Waals surface area contributed by atoms with Crippen molar-refractivity contribution in [2.24, 2.45) is 0 Å². The first kappa shape index (κ1) is 12.0. The van der Waals surface area contributed by atoms with Crippen LogP contribution in [0.2, 0.25) is 0 Å². The number of rotatable bonds is 3. The number of benzene rings is 1. The molecule has 0 amide bonds. The number of hydrogen-bond donors (Lipinski definition) is 2. The Morgan fingerprint density at radius 1 is 1.47 bits per heavy atom. The fourth-order valence-corrected chi connectivity index (χ4v) is 1.71. The Kier molecular flexibility index (Phi) is 2.85. The van der Waals surface area contributed by atoms with E-state index in [1.54, 1.807) is 24.3 Å². The van der Waals surface area contributed by atoms with Crippen LogP contribution >= 0.6 is 11.6 Å². The van der Waals surface area contributed by atoms with Gasteiger partial charge in [0, 0.05) is 5.39 Å². The summed E-state index contributed by atoms with van der Waals surface area (Å²) in [5.41, 5.74) is 1.12. The molecule has 1 aromatic carbocycles. The monoisotopic (exact) mass is 254 g/mol. The average molecular weight is 255 g/mol. The molecule has 0 aliphatic carbocycles. The minimum Gasteiger partial charge on any atom is -0.480 e. The highest BCUT2D eigenvalue weighted by molar-refractivity contribution is 6.34. The van der Waals surface area contributed by atoms with E-state index in [-0.39, 0.29) is 0 Å². The van der Waals surface area contributed by atoms with Gasteiger partial charge in [-0.15, -0.1) is 11.6 Å². The quantitative estimate of drug-likeness (QED) is 0.826. The van der Waals surface area contributed by atoms with Crippen LogP contribution in [0.25, 0.3) is 11.0 Å². The predicted octanol–water partition coefficient (Wildman–Crippen LogP) is 2.55. The van der Waals surface area contributed by atoms with E-state index in [0.717, 1.165) is 5.39 Å². The highest BCUT2D eigenvalue weighted by Gasteiger charge is 2.39. The van der Waals surface area contributed by atoms with Crippen LogP contribution in [0.1, 0.15) is 18.6 Å². The third-order valence-electron chi connectivity index (χ3n) is 2.72. The maximum atomic E-state index is 10.9. The van der Waals surface area contributed by atoms with E-state index in [1.165, 1.54) is 13.2 Å². The summed E-state index contributed by atoms with van der Waals surface area (Å²) in [7, 11) is 0. The normalized spacial score (nSPS) is 16.6. The molecule has 0 aliphatic heterocycles. The first-order valence-electron chi connectivity index (χ1n) is 5.00. The van der Waals surface area contributed by atoms with Gasteiger partial charge in [0.2, 0.25) is 0 Å². The summed E-state index contributed by atoms with van der Waals surface area (Å²) in [5, 5.41) is 19.7. The van der Waals surface area contributed by atoms with Crippen molar-refractivity contribution in [3.63, 3.8) is 0 Å². The zero-order valence-corrected chi connectivity index (χ0v) is 9.81. The molecule has 0 radical (unpaired) electrons. The van der Waals surface area contributed by atoms with Gasteiger partial charge in [-0.1, -0.05) is 6.07 Å². The molecule has 0 fully saturated rings. The molecule has 4 nitrogen and oxygen atoms in total. The lowest BCUT2D eigenvalue weighted by atomic mass is 9.96. The smallest absolute Gasteiger partial charge is 0.327 e. The molecule has 5 heteroatoms. The number of carbonyl (C=O) groups is 1. The van der Waals surface area contributed by atoms with Crippen molar-refractivity contribution < 1.29 is 19.4 Å². The van der Waals surface area contributed by atoms with Crippen molar-refractivity contribution in [1.29, 1.82) is 0 Å². The van der Waals surface area contributed by atoms with Gasteiger partial charge >= 0.3 is 5.97 Å². The molecule has 2 atom stereocenters. The number of hydrogen-bond acceptors (Lipinski definition) is 3. The maximum absolute atomic E-state index is 10.9. The highest BCUT2D eigenvalue weighted by Crippen LogP contribution is 2.33. The lowest BCUT2D eigenvalue weighted by Gasteiger charge is -2.23. The standard InChI is InChI=1S/C12H11ClO4/c1-12(13,11(15)16)10(14)8-2-3-9-7(6-8)4-5-17-9/h2-6,10,14H,1H3,(H,15,16). The van der Waals surface area contributed by atoms with Gasteiger partial charge in [0.15, 0.2) is 4.87 Å². The molecule has 2 rings (SSSR count). The summed E-state index contributed by atoms with van der Waals surface area (Å²) >= 11 is 5.81. The van der Waals surface area contributed by atoms with Crippen LogP contribution in [0.3, 0.4) is 0 Å². The van der Waals surface area contributed by atoms with E-state index in [2.05, 4.69) is 0 Å². The predicted molar refractivity (Wildman–Crippen MR) is 63.1 cm³/mol. The van der Waals surface area contributed by atoms with Gasteiger partial charge in [-0.05, 0) is 30.7 Å². The third kappa shape index (κ3) is 2.01. The molecule has 1 aromatic heterocycles. The summed E-state index contributed by atoms with van der Waals surface area (Å²) in [4.78, 5) is 9.19. The van der Waals surface area contributed by atoms with Crippen LogP contribution in [-0.4, -0.2) is 21.1 Å². The topological polar surface area (TPSA) is 70.7 Å². The number of carboxylic acids is 1. The van der Waals surface area contributed by atoms with E-state index in [1.807, 2.05) is 0 Å². The molecule has 2 unspecified atom stereocenters. The molecule has 1 heterocycles.